The maximum atomic E-state index is 13.1. The van der Waals surface area contributed by atoms with Gasteiger partial charge in [0.1, 0.15) is 0 Å². The smallest absolute Gasteiger partial charge is 0.307 e. The molecule has 0 spiro atoms. The summed E-state index contributed by atoms with van der Waals surface area (Å²) in [5, 5.41) is 5.87. The summed E-state index contributed by atoms with van der Waals surface area (Å²) in [6, 6.07) is 14.9. The van der Waals surface area contributed by atoms with E-state index in [9.17, 15) is 4.79 Å². The van der Waals surface area contributed by atoms with Crippen LogP contribution in [0.4, 0.5) is 15.6 Å². The van der Waals surface area contributed by atoms with Crippen LogP contribution >= 0.6 is 11.3 Å². The maximum Gasteiger partial charge on any atom is 0.328 e. The molecule has 2 amide bonds. The van der Waals surface area contributed by atoms with Crippen molar-refractivity contribution in [3.63, 3.8) is 0 Å². The van der Waals surface area contributed by atoms with E-state index in [0.717, 1.165) is 39.6 Å². The molecule has 1 aromatic heterocycles. The lowest BCUT2D eigenvalue weighted by Gasteiger charge is -2.22. The second-order valence-electron chi connectivity index (χ2n) is 8.87. The van der Waals surface area contributed by atoms with Gasteiger partial charge in [0, 0.05) is 23.2 Å². The lowest BCUT2D eigenvalue weighted by atomic mass is 9.84. The Kier molecular flexibility index (Phi) is 7.26. The Morgan fingerprint density at radius 2 is 1.84 bits per heavy atom. The van der Waals surface area contributed by atoms with Gasteiger partial charge in [-0.25, -0.2) is 9.78 Å². The molecule has 168 valence electrons. The highest BCUT2D eigenvalue weighted by atomic mass is 32.1. The molecule has 0 aliphatic heterocycles. The van der Waals surface area contributed by atoms with Gasteiger partial charge in [0.2, 0.25) is 0 Å². The van der Waals surface area contributed by atoms with E-state index in [1.54, 1.807) is 4.90 Å². The molecule has 1 aliphatic rings. The number of hydrogen-bond acceptors (Lipinski definition) is 3. The predicted octanol–water partition coefficient (Wildman–Crippen LogP) is 7.92. The molecule has 1 heterocycles. The number of aromatic nitrogens is 1. The maximum absolute atomic E-state index is 13.1. The van der Waals surface area contributed by atoms with Gasteiger partial charge in [-0.2, -0.15) is 0 Å². The lowest BCUT2D eigenvalue weighted by Crippen LogP contribution is -2.35. The molecule has 0 radical (unpaired) electrons. The van der Waals surface area contributed by atoms with E-state index in [2.05, 4.69) is 48.0 Å². The van der Waals surface area contributed by atoms with E-state index in [-0.39, 0.29) is 6.03 Å². The number of aryl methyl sites for hydroxylation is 2. The minimum Gasteiger partial charge on any atom is -0.307 e. The van der Waals surface area contributed by atoms with Crippen molar-refractivity contribution < 1.29 is 4.79 Å². The van der Waals surface area contributed by atoms with Crippen molar-refractivity contribution in [1.82, 2.24) is 4.98 Å². The van der Waals surface area contributed by atoms with Crippen LogP contribution in [0.25, 0.3) is 11.3 Å². The monoisotopic (exact) mass is 447 g/mol. The zero-order valence-electron chi connectivity index (χ0n) is 19.4. The molecular formula is C27H33N3OS. The van der Waals surface area contributed by atoms with E-state index in [1.807, 2.05) is 26.0 Å². The number of carbonyl (C=O) groups is 1. The summed E-state index contributed by atoms with van der Waals surface area (Å²) in [6.07, 6.45) is 7.55. The van der Waals surface area contributed by atoms with Crippen molar-refractivity contribution in [2.75, 3.05) is 16.8 Å². The molecule has 4 nitrogen and oxygen atoms in total. The van der Waals surface area contributed by atoms with Gasteiger partial charge in [0.15, 0.2) is 5.13 Å². The highest BCUT2D eigenvalue weighted by molar-refractivity contribution is 7.14. The number of hydrogen-bond donors (Lipinski definition) is 1. The van der Waals surface area contributed by atoms with Crippen molar-refractivity contribution in [3.05, 3.63) is 64.5 Å². The second-order valence-corrected chi connectivity index (χ2v) is 9.71. The quantitative estimate of drug-likeness (QED) is 0.417. The fourth-order valence-electron chi connectivity index (χ4n) is 4.44. The fraction of sp³-hybridized carbons (Fsp3) is 0.407. The standard InChI is InChI=1S/C27H33N3OS/c1-4-16-30(26(31)28-24-17-19(2)10-11-20(24)3)27-29-25(18-32-27)23-14-12-22(13-15-23)21-8-6-5-7-9-21/h10-15,17-18,21H,4-9,16H2,1-3H3,(H,28,31). The van der Waals surface area contributed by atoms with Crippen LogP contribution in [0.5, 0.6) is 0 Å². The van der Waals surface area contributed by atoms with Gasteiger partial charge in [0.05, 0.1) is 5.69 Å². The van der Waals surface area contributed by atoms with Gasteiger partial charge in [-0.3, -0.25) is 4.90 Å². The molecule has 3 aromatic rings. The van der Waals surface area contributed by atoms with Crippen LogP contribution in [-0.4, -0.2) is 17.6 Å². The zero-order chi connectivity index (χ0) is 22.5. The van der Waals surface area contributed by atoms with E-state index in [4.69, 9.17) is 4.98 Å². The van der Waals surface area contributed by atoms with Crippen molar-refractivity contribution >= 4 is 28.2 Å². The molecule has 1 saturated carbocycles. The summed E-state index contributed by atoms with van der Waals surface area (Å²) < 4.78 is 0. The van der Waals surface area contributed by atoms with Gasteiger partial charge in [-0.15, -0.1) is 11.3 Å². The van der Waals surface area contributed by atoms with Gasteiger partial charge in [-0.1, -0.05) is 62.6 Å². The average molecular weight is 448 g/mol. The fourth-order valence-corrected chi connectivity index (χ4v) is 5.30. The van der Waals surface area contributed by atoms with Crippen LogP contribution in [0.2, 0.25) is 0 Å². The molecule has 1 fully saturated rings. The number of thiazole rings is 1. The Bertz CT molecular complexity index is 1050. The van der Waals surface area contributed by atoms with Crippen LogP contribution in [0.15, 0.2) is 47.8 Å². The first kappa shape index (κ1) is 22.5. The molecule has 0 bridgehead atoms. The largest absolute Gasteiger partial charge is 0.328 e. The summed E-state index contributed by atoms with van der Waals surface area (Å²) in [6.45, 7) is 6.75. The van der Waals surface area contributed by atoms with Crippen LogP contribution in [0.3, 0.4) is 0 Å². The SMILES string of the molecule is CCCN(C(=O)Nc1cc(C)ccc1C)c1nc(-c2ccc(C3CCCCC3)cc2)cs1. The summed E-state index contributed by atoms with van der Waals surface area (Å²) >= 11 is 1.52. The first-order chi connectivity index (χ1) is 15.5. The topological polar surface area (TPSA) is 45.2 Å². The minimum atomic E-state index is -0.130. The van der Waals surface area contributed by atoms with Crippen LogP contribution in [0, 0.1) is 13.8 Å². The summed E-state index contributed by atoms with van der Waals surface area (Å²) in [5.41, 5.74) is 6.52. The normalized spacial score (nSPS) is 14.3. The van der Waals surface area contributed by atoms with E-state index in [1.165, 1.54) is 49.0 Å². The third kappa shape index (κ3) is 5.21. The van der Waals surface area contributed by atoms with Crippen molar-refractivity contribution in [3.8, 4) is 11.3 Å². The lowest BCUT2D eigenvalue weighted by molar-refractivity contribution is 0.257. The molecule has 0 saturated heterocycles. The van der Waals surface area contributed by atoms with Crippen LogP contribution in [-0.2, 0) is 0 Å². The molecule has 5 heteroatoms. The highest BCUT2D eigenvalue weighted by Crippen LogP contribution is 2.34. The molecule has 0 unspecified atom stereocenters. The zero-order valence-corrected chi connectivity index (χ0v) is 20.2. The number of amides is 2. The molecular weight excluding hydrogens is 414 g/mol. The van der Waals surface area contributed by atoms with E-state index >= 15 is 0 Å². The van der Waals surface area contributed by atoms with Gasteiger partial charge < -0.3 is 5.32 Å². The van der Waals surface area contributed by atoms with Crippen molar-refractivity contribution in [1.29, 1.82) is 0 Å². The van der Waals surface area contributed by atoms with E-state index < -0.39 is 0 Å². The Balaban J connectivity index is 1.50. The number of urea groups is 1. The molecule has 2 aromatic carbocycles. The van der Waals surface area contributed by atoms with Crippen LogP contribution < -0.4 is 10.2 Å². The Morgan fingerprint density at radius 3 is 2.56 bits per heavy atom. The first-order valence-electron chi connectivity index (χ1n) is 11.8. The van der Waals surface area contributed by atoms with Crippen molar-refractivity contribution in [2.45, 2.75) is 65.2 Å². The Morgan fingerprint density at radius 1 is 1.09 bits per heavy atom. The molecule has 1 N–H and O–H groups in total. The predicted molar refractivity (Wildman–Crippen MR) is 136 cm³/mol. The summed E-state index contributed by atoms with van der Waals surface area (Å²) in [4.78, 5) is 19.7. The second kappa shape index (κ2) is 10.3. The molecule has 0 atom stereocenters. The van der Waals surface area contributed by atoms with E-state index in [0.29, 0.717) is 12.5 Å². The first-order valence-corrected chi connectivity index (χ1v) is 12.6. The van der Waals surface area contributed by atoms with Gasteiger partial charge in [0.25, 0.3) is 0 Å². The Labute approximate surface area is 195 Å². The van der Waals surface area contributed by atoms with Gasteiger partial charge in [-0.05, 0) is 61.8 Å². The molecule has 4 rings (SSSR count). The van der Waals surface area contributed by atoms with Crippen LogP contribution in [0.1, 0.15) is 68.1 Å². The number of nitrogens with zero attached hydrogens (tertiary/aromatic N) is 2. The Hall–Kier alpha value is -2.66. The molecule has 32 heavy (non-hydrogen) atoms. The van der Waals surface area contributed by atoms with Crippen molar-refractivity contribution in [2.24, 2.45) is 0 Å². The number of rotatable bonds is 6. The summed E-state index contributed by atoms with van der Waals surface area (Å²) in [5.74, 6) is 0.706. The average Bonchev–Trinajstić information content (AvgIpc) is 3.30. The summed E-state index contributed by atoms with van der Waals surface area (Å²) in [7, 11) is 0. The molecule has 1 aliphatic carbocycles. The third-order valence-electron chi connectivity index (χ3n) is 6.33. The third-order valence-corrected chi connectivity index (χ3v) is 7.20. The minimum absolute atomic E-state index is 0.130. The highest BCUT2D eigenvalue weighted by Gasteiger charge is 2.20. The number of anilines is 2. The van der Waals surface area contributed by atoms with Gasteiger partial charge >= 0.3 is 6.03 Å². The number of benzene rings is 2. The number of nitrogens with one attached hydrogen (secondary N) is 1. The number of carbonyl (C=O) groups excluding carboxylic acids is 1.